The zero-order chi connectivity index (χ0) is 19.4. The molecule has 8 nitrogen and oxygen atoms in total. The molecule has 0 bridgehead atoms. The largest absolute Gasteiger partial charge is 0.495 e. The topological polar surface area (TPSA) is 111 Å². The second-order valence-electron chi connectivity index (χ2n) is 6.89. The maximum absolute atomic E-state index is 12.5. The molecule has 1 amide bonds. The van der Waals surface area contributed by atoms with Gasteiger partial charge in [0.2, 0.25) is 10.0 Å². The fourth-order valence-electron chi connectivity index (χ4n) is 3.05. The summed E-state index contributed by atoms with van der Waals surface area (Å²) in [5, 5.41) is 2.83. The van der Waals surface area contributed by atoms with Crippen LogP contribution in [0, 0.1) is 0 Å². The van der Waals surface area contributed by atoms with E-state index < -0.39 is 22.6 Å². The van der Waals surface area contributed by atoms with Crippen LogP contribution in [-0.2, 0) is 19.6 Å². The van der Waals surface area contributed by atoms with Crippen LogP contribution in [0.2, 0.25) is 0 Å². The molecule has 0 unspecified atom stereocenters. The molecule has 0 aromatic heterocycles. The first kappa shape index (κ1) is 19.6. The number of hydrogen-bond donors (Lipinski definition) is 2. The van der Waals surface area contributed by atoms with Gasteiger partial charge in [0.25, 0.3) is 5.91 Å². The molecular formula is C18H24N2O6S. The number of carbonyl (C=O) groups excluding carboxylic acids is 2. The molecule has 2 N–H and O–H groups in total. The Morgan fingerprint density at radius 2 is 1.81 bits per heavy atom. The van der Waals surface area contributed by atoms with Crippen molar-refractivity contribution in [1.29, 1.82) is 0 Å². The lowest BCUT2D eigenvalue weighted by Gasteiger charge is -2.13. The third kappa shape index (κ3) is 5.20. The van der Waals surface area contributed by atoms with E-state index in [2.05, 4.69) is 10.0 Å². The van der Waals surface area contributed by atoms with Crippen molar-refractivity contribution < 1.29 is 27.5 Å². The fourth-order valence-corrected chi connectivity index (χ4v) is 4.55. The van der Waals surface area contributed by atoms with Gasteiger partial charge in [-0.25, -0.2) is 17.9 Å². The zero-order valence-corrected chi connectivity index (χ0v) is 16.0. The molecule has 0 saturated heterocycles. The number of methoxy groups -OCH3 is 1. The SMILES string of the molecule is COc1ccc(C(=O)OCC(=O)NC2CCCC2)cc1S(=O)(=O)NC1CC1. The number of sulfonamides is 1. The van der Waals surface area contributed by atoms with Crippen LogP contribution in [0.3, 0.4) is 0 Å². The van der Waals surface area contributed by atoms with Crippen molar-refractivity contribution in [1.82, 2.24) is 10.0 Å². The summed E-state index contributed by atoms with van der Waals surface area (Å²) in [6.07, 6.45) is 5.63. The monoisotopic (exact) mass is 396 g/mol. The Morgan fingerprint density at radius 3 is 2.44 bits per heavy atom. The molecule has 1 aromatic rings. The molecular weight excluding hydrogens is 372 g/mol. The van der Waals surface area contributed by atoms with Gasteiger partial charge in [-0.15, -0.1) is 0 Å². The first-order valence-electron chi connectivity index (χ1n) is 9.06. The predicted molar refractivity (Wildman–Crippen MR) is 97.0 cm³/mol. The van der Waals surface area contributed by atoms with E-state index in [0.717, 1.165) is 38.5 Å². The molecule has 0 aliphatic heterocycles. The standard InChI is InChI=1S/C18H24N2O6S/c1-25-15-9-6-12(10-16(15)27(23,24)20-14-7-8-14)18(22)26-11-17(21)19-13-4-2-3-5-13/h6,9-10,13-14,20H,2-5,7-8,11H2,1H3,(H,19,21). The quantitative estimate of drug-likeness (QED) is 0.642. The van der Waals surface area contributed by atoms with Gasteiger partial charge in [-0.1, -0.05) is 12.8 Å². The van der Waals surface area contributed by atoms with E-state index in [1.54, 1.807) is 0 Å². The highest BCUT2D eigenvalue weighted by molar-refractivity contribution is 7.89. The zero-order valence-electron chi connectivity index (χ0n) is 15.2. The highest BCUT2D eigenvalue weighted by Gasteiger charge is 2.30. The maximum atomic E-state index is 12.5. The molecule has 2 fully saturated rings. The van der Waals surface area contributed by atoms with Crippen molar-refractivity contribution in [3.63, 3.8) is 0 Å². The van der Waals surface area contributed by atoms with E-state index in [4.69, 9.17) is 9.47 Å². The minimum Gasteiger partial charge on any atom is -0.495 e. The Labute approximate surface area is 158 Å². The molecule has 27 heavy (non-hydrogen) atoms. The molecule has 2 aliphatic rings. The van der Waals surface area contributed by atoms with Gasteiger partial charge in [-0.2, -0.15) is 0 Å². The number of ether oxygens (including phenoxy) is 2. The summed E-state index contributed by atoms with van der Waals surface area (Å²) in [7, 11) is -2.45. The van der Waals surface area contributed by atoms with Crippen molar-refractivity contribution in [3.8, 4) is 5.75 Å². The minimum absolute atomic E-state index is 0.0423. The van der Waals surface area contributed by atoms with Gasteiger partial charge < -0.3 is 14.8 Å². The van der Waals surface area contributed by atoms with E-state index in [-0.39, 0.29) is 34.2 Å². The van der Waals surface area contributed by atoms with Gasteiger partial charge in [0.05, 0.1) is 12.7 Å². The summed E-state index contributed by atoms with van der Waals surface area (Å²) in [5.74, 6) is -0.979. The van der Waals surface area contributed by atoms with Gasteiger partial charge in [0.15, 0.2) is 6.61 Å². The molecule has 0 heterocycles. The van der Waals surface area contributed by atoms with Crippen LogP contribution in [0.4, 0.5) is 0 Å². The fraction of sp³-hybridized carbons (Fsp3) is 0.556. The van der Waals surface area contributed by atoms with E-state index in [9.17, 15) is 18.0 Å². The highest BCUT2D eigenvalue weighted by Crippen LogP contribution is 2.28. The van der Waals surface area contributed by atoms with Crippen LogP contribution < -0.4 is 14.8 Å². The van der Waals surface area contributed by atoms with Crippen LogP contribution in [-0.4, -0.2) is 46.1 Å². The summed E-state index contributed by atoms with van der Waals surface area (Å²) >= 11 is 0. The maximum Gasteiger partial charge on any atom is 0.338 e. The van der Waals surface area contributed by atoms with Gasteiger partial charge in [0, 0.05) is 12.1 Å². The lowest BCUT2D eigenvalue weighted by atomic mass is 10.2. The van der Waals surface area contributed by atoms with Gasteiger partial charge in [0.1, 0.15) is 10.6 Å². The molecule has 0 spiro atoms. The van der Waals surface area contributed by atoms with Crippen LogP contribution >= 0.6 is 0 Å². The molecule has 3 rings (SSSR count). The lowest BCUT2D eigenvalue weighted by Crippen LogP contribution is -2.35. The average Bonchev–Trinajstić information content (AvgIpc) is 3.30. The number of amides is 1. The van der Waals surface area contributed by atoms with E-state index in [0.29, 0.717) is 0 Å². The number of nitrogens with one attached hydrogen (secondary N) is 2. The second-order valence-corrected chi connectivity index (χ2v) is 8.57. The van der Waals surface area contributed by atoms with Crippen LogP contribution in [0.1, 0.15) is 48.9 Å². The lowest BCUT2D eigenvalue weighted by molar-refractivity contribution is -0.124. The average molecular weight is 396 g/mol. The second kappa shape index (κ2) is 8.26. The third-order valence-corrected chi connectivity index (χ3v) is 6.18. The summed E-state index contributed by atoms with van der Waals surface area (Å²) in [6, 6.07) is 4.08. The number of carbonyl (C=O) groups is 2. The number of hydrogen-bond acceptors (Lipinski definition) is 6. The molecule has 0 radical (unpaired) electrons. The van der Waals surface area contributed by atoms with Crippen molar-refractivity contribution in [2.24, 2.45) is 0 Å². The predicted octanol–water partition coefficient (Wildman–Crippen LogP) is 1.35. The Morgan fingerprint density at radius 1 is 1.11 bits per heavy atom. The molecule has 9 heteroatoms. The normalized spacial score (nSPS) is 17.5. The molecule has 2 aliphatic carbocycles. The Kier molecular flexibility index (Phi) is 6.01. The van der Waals surface area contributed by atoms with Crippen LogP contribution in [0.5, 0.6) is 5.75 Å². The highest BCUT2D eigenvalue weighted by atomic mass is 32.2. The van der Waals surface area contributed by atoms with E-state index in [1.807, 2.05) is 0 Å². The number of esters is 1. The van der Waals surface area contributed by atoms with Crippen molar-refractivity contribution in [2.45, 2.75) is 55.5 Å². The van der Waals surface area contributed by atoms with Gasteiger partial charge >= 0.3 is 5.97 Å². The van der Waals surface area contributed by atoms with Crippen LogP contribution in [0.25, 0.3) is 0 Å². The Balaban J connectivity index is 1.65. The summed E-state index contributed by atoms with van der Waals surface area (Å²) in [6.45, 7) is -0.399. The van der Waals surface area contributed by atoms with Gasteiger partial charge in [-0.3, -0.25) is 4.79 Å². The summed E-state index contributed by atoms with van der Waals surface area (Å²) < 4.78 is 37.7. The van der Waals surface area contributed by atoms with Crippen molar-refractivity contribution >= 4 is 21.9 Å². The Bertz CT molecular complexity index is 813. The molecule has 0 atom stereocenters. The minimum atomic E-state index is -3.80. The first-order chi connectivity index (χ1) is 12.9. The van der Waals surface area contributed by atoms with Crippen molar-refractivity contribution in [3.05, 3.63) is 23.8 Å². The molecule has 1 aromatic carbocycles. The van der Waals surface area contributed by atoms with E-state index in [1.165, 1.54) is 25.3 Å². The van der Waals surface area contributed by atoms with E-state index >= 15 is 0 Å². The summed E-state index contributed by atoms with van der Waals surface area (Å²) in [5.41, 5.74) is 0.0423. The molecule has 2 saturated carbocycles. The van der Waals surface area contributed by atoms with Gasteiger partial charge in [-0.05, 0) is 43.9 Å². The van der Waals surface area contributed by atoms with Crippen LogP contribution in [0.15, 0.2) is 23.1 Å². The first-order valence-corrected chi connectivity index (χ1v) is 10.5. The Hall–Kier alpha value is -2.13. The summed E-state index contributed by atoms with van der Waals surface area (Å²) in [4.78, 5) is 24.0. The van der Waals surface area contributed by atoms with Crippen molar-refractivity contribution in [2.75, 3.05) is 13.7 Å². The smallest absolute Gasteiger partial charge is 0.338 e. The third-order valence-electron chi connectivity index (χ3n) is 4.64. The number of rotatable bonds is 8. The molecule has 148 valence electrons. The number of benzene rings is 1.